The first-order valence-corrected chi connectivity index (χ1v) is 10.2. The molecule has 122 valence electrons. The van der Waals surface area contributed by atoms with Gasteiger partial charge in [-0.3, -0.25) is 0 Å². The Morgan fingerprint density at radius 1 is 0.900 bits per heavy atom. The Kier molecular flexibility index (Phi) is 12.8. The molecule has 0 aromatic rings. The van der Waals surface area contributed by atoms with E-state index in [2.05, 4.69) is 19.2 Å². The number of unbranched alkanes of at least 4 members (excludes halogenated alkanes) is 1. The molecule has 0 amide bonds. The van der Waals surface area contributed by atoms with Gasteiger partial charge in [0.05, 0.1) is 0 Å². The third-order valence-corrected chi connectivity index (χ3v) is 6.39. The maximum absolute atomic E-state index is 5.85. The molecule has 0 aromatic carbocycles. The molecule has 4 nitrogen and oxygen atoms in total. The van der Waals surface area contributed by atoms with Gasteiger partial charge in [-0.1, -0.05) is 19.8 Å². The van der Waals surface area contributed by atoms with Crippen molar-refractivity contribution in [2.75, 3.05) is 26.4 Å². The van der Waals surface area contributed by atoms with Crippen molar-refractivity contribution >= 4 is 8.80 Å². The minimum Gasteiger partial charge on any atom is -0.374 e. The number of hydrogen-bond acceptors (Lipinski definition) is 4. The maximum atomic E-state index is 5.85. The number of rotatable bonds is 14. The zero-order valence-electron chi connectivity index (χ0n) is 14.2. The van der Waals surface area contributed by atoms with Gasteiger partial charge in [0.2, 0.25) is 0 Å². The molecule has 0 rings (SSSR count). The SMILES string of the molecule is CCCCC(C)NCCC[Si](OCC)(OCC)OCC. The minimum absolute atomic E-state index is 0.595. The van der Waals surface area contributed by atoms with Gasteiger partial charge in [0.15, 0.2) is 0 Å². The van der Waals surface area contributed by atoms with Crippen molar-refractivity contribution in [2.45, 2.75) is 72.4 Å². The second-order valence-corrected chi connectivity index (χ2v) is 7.82. The summed E-state index contributed by atoms with van der Waals surface area (Å²) in [6, 6.07) is 1.49. The first kappa shape index (κ1) is 20.1. The molecule has 0 saturated heterocycles. The van der Waals surface area contributed by atoms with Gasteiger partial charge in [-0.25, -0.2) is 0 Å². The second kappa shape index (κ2) is 12.8. The van der Waals surface area contributed by atoms with Gasteiger partial charge in [0.25, 0.3) is 0 Å². The zero-order valence-corrected chi connectivity index (χ0v) is 15.2. The molecule has 0 radical (unpaired) electrons. The van der Waals surface area contributed by atoms with Gasteiger partial charge in [-0.2, -0.15) is 0 Å². The number of nitrogens with one attached hydrogen (secondary N) is 1. The Morgan fingerprint density at radius 3 is 1.90 bits per heavy atom. The van der Waals surface area contributed by atoms with Crippen molar-refractivity contribution in [1.29, 1.82) is 0 Å². The van der Waals surface area contributed by atoms with Crippen LogP contribution in [0.1, 0.15) is 60.3 Å². The van der Waals surface area contributed by atoms with Crippen molar-refractivity contribution in [3.63, 3.8) is 0 Å². The average Bonchev–Trinajstić information content (AvgIpc) is 2.42. The summed E-state index contributed by atoms with van der Waals surface area (Å²) in [5.74, 6) is 0. The smallest absolute Gasteiger partial charge is 0.374 e. The lowest BCUT2D eigenvalue weighted by molar-refractivity contribution is 0.0708. The summed E-state index contributed by atoms with van der Waals surface area (Å²) in [6.07, 6.45) is 4.86. The predicted molar refractivity (Wildman–Crippen MR) is 87.0 cm³/mol. The fourth-order valence-electron chi connectivity index (χ4n) is 2.27. The fourth-order valence-corrected chi connectivity index (χ4v) is 4.88. The van der Waals surface area contributed by atoms with Crippen molar-refractivity contribution in [3.05, 3.63) is 0 Å². The summed E-state index contributed by atoms with van der Waals surface area (Å²) in [7, 11) is -2.43. The Bertz CT molecular complexity index is 200. The third kappa shape index (κ3) is 9.08. The molecule has 20 heavy (non-hydrogen) atoms. The summed E-state index contributed by atoms with van der Waals surface area (Å²) in [5.41, 5.74) is 0. The van der Waals surface area contributed by atoms with E-state index in [4.69, 9.17) is 13.3 Å². The molecular formula is C15H35NO3Si. The molecule has 0 aromatic heterocycles. The van der Waals surface area contributed by atoms with Crippen LogP contribution in [-0.4, -0.2) is 41.2 Å². The van der Waals surface area contributed by atoms with Crippen LogP contribution in [-0.2, 0) is 13.3 Å². The highest BCUT2D eigenvalue weighted by Gasteiger charge is 2.39. The summed E-state index contributed by atoms with van der Waals surface area (Å²) < 4.78 is 17.5. The van der Waals surface area contributed by atoms with Gasteiger partial charge in [-0.15, -0.1) is 0 Å². The first-order chi connectivity index (χ1) is 9.64. The normalized spacial score (nSPS) is 13.7. The van der Waals surface area contributed by atoms with E-state index in [-0.39, 0.29) is 0 Å². The highest BCUT2D eigenvalue weighted by atomic mass is 28.4. The summed E-state index contributed by atoms with van der Waals surface area (Å²) in [4.78, 5) is 0. The van der Waals surface area contributed by atoms with Gasteiger partial charge >= 0.3 is 8.80 Å². The molecule has 1 atom stereocenters. The van der Waals surface area contributed by atoms with Crippen LogP contribution in [0.2, 0.25) is 6.04 Å². The van der Waals surface area contributed by atoms with Crippen LogP contribution in [0.3, 0.4) is 0 Å². The van der Waals surface area contributed by atoms with Crippen LogP contribution in [0.25, 0.3) is 0 Å². The molecule has 0 spiro atoms. The highest BCUT2D eigenvalue weighted by Crippen LogP contribution is 2.17. The quantitative estimate of drug-likeness (QED) is 0.393. The van der Waals surface area contributed by atoms with Crippen LogP contribution < -0.4 is 5.32 Å². The number of hydrogen-bond donors (Lipinski definition) is 1. The predicted octanol–water partition coefficient (Wildman–Crippen LogP) is 3.59. The zero-order chi connectivity index (χ0) is 15.3. The largest absolute Gasteiger partial charge is 0.500 e. The lowest BCUT2D eigenvalue weighted by atomic mass is 10.1. The van der Waals surface area contributed by atoms with E-state index in [0.717, 1.165) is 19.0 Å². The summed E-state index contributed by atoms with van der Waals surface area (Å²) in [6.45, 7) is 13.5. The van der Waals surface area contributed by atoms with Crippen molar-refractivity contribution < 1.29 is 13.3 Å². The maximum Gasteiger partial charge on any atom is 0.500 e. The molecule has 5 heteroatoms. The van der Waals surface area contributed by atoms with E-state index in [9.17, 15) is 0 Å². The first-order valence-electron chi connectivity index (χ1n) is 8.29. The van der Waals surface area contributed by atoms with Gasteiger partial charge < -0.3 is 18.6 Å². The van der Waals surface area contributed by atoms with Crippen molar-refractivity contribution in [3.8, 4) is 0 Å². The molecule has 0 aliphatic heterocycles. The van der Waals surface area contributed by atoms with Gasteiger partial charge in [0.1, 0.15) is 0 Å². The minimum atomic E-state index is -2.43. The van der Waals surface area contributed by atoms with Crippen LogP contribution >= 0.6 is 0 Å². The standard InChI is InChI=1S/C15H35NO3Si/c1-6-10-12-15(5)16-13-11-14-20(17-7-2,18-8-3)19-9-4/h15-16H,6-14H2,1-5H3. The molecule has 0 aliphatic carbocycles. The topological polar surface area (TPSA) is 39.7 Å². The molecular weight excluding hydrogens is 270 g/mol. The molecule has 1 unspecified atom stereocenters. The molecule has 1 N–H and O–H groups in total. The van der Waals surface area contributed by atoms with E-state index >= 15 is 0 Å². The Morgan fingerprint density at radius 2 is 1.45 bits per heavy atom. The van der Waals surface area contributed by atoms with Crippen LogP contribution in [0.5, 0.6) is 0 Å². The Balaban J connectivity index is 4.05. The monoisotopic (exact) mass is 305 g/mol. The lowest BCUT2D eigenvalue weighted by Crippen LogP contribution is -2.46. The Hall–Kier alpha value is 0.0569. The second-order valence-electron chi connectivity index (χ2n) is 5.08. The third-order valence-electron chi connectivity index (χ3n) is 3.24. The van der Waals surface area contributed by atoms with Crippen LogP contribution in [0.4, 0.5) is 0 Å². The summed E-state index contributed by atoms with van der Waals surface area (Å²) >= 11 is 0. The van der Waals surface area contributed by atoms with Crippen molar-refractivity contribution in [1.82, 2.24) is 5.32 Å². The van der Waals surface area contributed by atoms with E-state index in [1.165, 1.54) is 19.3 Å². The van der Waals surface area contributed by atoms with Crippen molar-refractivity contribution in [2.24, 2.45) is 0 Å². The van der Waals surface area contributed by atoms with E-state index in [0.29, 0.717) is 25.9 Å². The van der Waals surface area contributed by atoms with Crippen LogP contribution in [0.15, 0.2) is 0 Å². The van der Waals surface area contributed by atoms with Crippen LogP contribution in [0, 0.1) is 0 Å². The van der Waals surface area contributed by atoms with Gasteiger partial charge in [0, 0.05) is 31.9 Å². The highest BCUT2D eigenvalue weighted by molar-refractivity contribution is 6.60. The van der Waals surface area contributed by atoms with E-state index in [1.54, 1.807) is 0 Å². The molecule has 0 saturated carbocycles. The molecule has 0 bridgehead atoms. The average molecular weight is 306 g/mol. The summed E-state index contributed by atoms with van der Waals surface area (Å²) in [5, 5.41) is 3.57. The molecule has 0 aliphatic rings. The molecule has 0 fully saturated rings. The van der Waals surface area contributed by atoms with E-state index in [1.807, 2.05) is 20.8 Å². The Labute approximate surface area is 126 Å². The van der Waals surface area contributed by atoms with Gasteiger partial charge in [-0.05, 0) is 47.1 Å². The lowest BCUT2D eigenvalue weighted by Gasteiger charge is -2.28. The fraction of sp³-hybridized carbons (Fsp3) is 1.00. The molecule has 0 heterocycles. The van der Waals surface area contributed by atoms with E-state index < -0.39 is 8.80 Å².